The van der Waals surface area contributed by atoms with E-state index in [0.29, 0.717) is 0 Å². The number of hydrogen-bond acceptors (Lipinski definition) is 3. The molecule has 0 amide bonds. The van der Waals surface area contributed by atoms with E-state index in [1.807, 2.05) is 28.9 Å². The lowest BCUT2D eigenvalue weighted by atomic mass is 9.97. The molecular formula is C59H35N3S2. The Morgan fingerprint density at radius 2 is 0.844 bits per heavy atom. The van der Waals surface area contributed by atoms with Crippen LogP contribution in [-0.2, 0) is 0 Å². The van der Waals surface area contributed by atoms with Gasteiger partial charge in [-0.1, -0.05) is 127 Å². The Hall–Kier alpha value is -7.83. The largest absolute Gasteiger partial charge is 0.309 e. The summed E-state index contributed by atoms with van der Waals surface area (Å²) in [5.41, 5.74) is 14.0. The van der Waals surface area contributed by atoms with Crippen molar-refractivity contribution in [3.05, 3.63) is 212 Å². The van der Waals surface area contributed by atoms with Crippen LogP contribution in [0.5, 0.6) is 0 Å². The molecule has 5 heteroatoms. The van der Waals surface area contributed by atoms with Gasteiger partial charge in [0.2, 0.25) is 0 Å². The van der Waals surface area contributed by atoms with Crippen molar-refractivity contribution in [3.63, 3.8) is 0 Å². The Balaban J connectivity index is 0.890. The van der Waals surface area contributed by atoms with E-state index in [2.05, 4.69) is 215 Å². The van der Waals surface area contributed by atoms with E-state index in [0.717, 1.165) is 27.9 Å². The number of aromatic nitrogens is 3. The van der Waals surface area contributed by atoms with Gasteiger partial charge in [0.25, 0.3) is 0 Å². The molecule has 5 heterocycles. The summed E-state index contributed by atoms with van der Waals surface area (Å²) in [5.74, 6) is 0. The van der Waals surface area contributed by atoms with Gasteiger partial charge < -0.3 is 4.57 Å². The monoisotopic (exact) mass is 849 g/mol. The molecule has 64 heavy (non-hydrogen) atoms. The van der Waals surface area contributed by atoms with E-state index in [-0.39, 0.29) is 0 Å². The molecule has 0 aliphatic heterocycles. The number of fused-ring (bicyclic) bond motifs is 12. The van der Waals surface area contributed by atoms with Crippen molar-refractivity contribution in [2.24, 2.45) is 0 Å². The summed E-state index contributed by atoms with van der Waals surface area (Å²) in [6, 6.07) is 75.8. The third-order valence-electron chi connectivity index (χ3n) is 13.2. The van der Waals surface area contributed by atoms with E-state index in [4.69, 9.17) is 4.98 Å². The minimum absolute atomic E-state index is 0.955. The SMILES string of the molecule is c1cc(-c2cccc(-n3c4ccccc4c4cc(-n5c6ccc(-c7cccc8c7sc7ccccc78)cc6c6cccnc65)ccc43)c2)cc(-c2cccc3c2sc2ccccc23)c1. The maximum atomic E-state index is 5.02. The minimum atomic E-state index is 0.955. The normalized spacial score (nSPS) is 12.1. The number of para-hydroxylation sites is 1. The molecule has 0 saturated heterocycles. The zero-order chi connectivity index (χ0) is 41.9. The summed E-state index contributed by atoms with van der Waals surface area (Å²) in [4.78, 5) is 5.02. The average Bonchev–Trinajstić information content (AvgIpc) is 4.11. The van der Waals surface area contributed by atoms with E-state index >= 15 is 0 Å². The summed E-state index contributed by atoms with van der Waals surface area (Å²) < 4.78 is 10.1. The van der Waals surface area contributed by atoms with Gasteiger partial charge >= 0.3 is 0 Å². The Bertz CT molecular complexity index is 4220. The highest BCUT2D eigenvalue weighted by Crippen LogP contribution is 2.44. The molecule has 14 rings (SSSR count). The van der Waals surface area contributed by atoms with Crippen LogP contribution in [0, 0.1) is 0 Å². The van der Waals surface area contributed by atoms with Crippen LogP contribution in [0.2, 0.25) is 0 Å². The van der Waals surface area contributed by atoms with Gasteiger partial charge in [-0.3, -0.25) is 4.57 Å². The average molecular weight is 850 g/mol. The molecule has 0 N–H and O–H groups in total. The molecule has 0 unspecified atom stereocenters. The van der Waals surface area contributed by atoms with Crippen LogP contribution >= 0.6 is 22.7 Å². The highest BCUT2D eigenvalue weighted by Gasteiger charge is 2.19. The van der Waals surface area contributed by atoms with E-state index in [1.165, 1.54) is 101 Å². The highest BCUT2D eigenvalue weighted by molar-refractivity contribution is 7.26. The first-order chi connectivity index (χ1) is 31.7. The van der Waals surface area contributed by atoms with Crippen LogP contribution in [0.1, 0.15) is 0 Å². The molecule has 14 aromatic rings. The van der Waals surface area contributed by atoms with Gasteiger partial charge in [0.1, 0.15) is 5.65 Å². The van der Waals surface area contributed by atoms with Crippen LogP contribution in [0.3, 0.4) is 0 Å². The first kappa shape index (κ1) is 35.7. The van der Waals surface area contributed by atoms with Crippen molar-refractivity contribution in [2.75, 3.05) is 0 Å². The Morgan fingerprint density at radius 3 is 1.61 bits per heavy atom. The lowest BCUT2D eigenvalue weighted by Crippen LogP contribution is -1.97. The molecule has 0 aliphatic rings. The molecule has 3 nitrogen and oxygen atoms in total. The van der Waals surface area contributed by atoms with E-state index in [9.17, 15) is 0 Å². The quantitative estimate of drug-likeness (QED) is 0.169. The number of benzene rings is 9. The Labute approximate surface area is 376 Å². The van der Waals surface area contributed by atoms with Crippen molar-refractivity contribution in [2.45, 2.75) is 0 Å². The molecule has 0 atom stereocenters. The van der Waals surface area contributed by atoms with Crippen molar-refractivity contribution in [1.29, 1.82) is 0 Å². The Kier molecular flexibility index (Phi) is 7.73. The van der Waals surface area contributed by atoms with Gasteiger partial charge in [0, 0.05) is 79.5 Å². The van der Waals surface area contributed by atoms with Gasteiger partial charge in [-0.25, -0.2) is 4.98 Å². The maximum absolute atomic E-state index is 5.02. The van der Waals surface area contributed by atoms with E-state index < -0.39 is 0 Å². The molecule has 298 valence electrons. The lowest BCUT2D eigenvalue weighted by Gasteiger charge is -2.12. The molecule has 0 bridgehead atoms. The molecular weight excluding hydrogens is 815 g/mol. The molecule has 0 radical (unpaired) electrons. The van der Waals surface area contributed by atoms with Crippen molar-refractivity contribution < 1.29 is 0 Å². The topological polar surface area (TPSA) is 22.8 Å². The van der Waals surface area contributed by atoms with Crippen LogP contribution in [0.15, 0.2) is 212 Å². The molecule has 0 fully saturated rings. The number of rotatable bonds is 5. The minimum Gasteiger partial charge on any atom is -0.309 e. The first-order valence-corrected chi connectivity index (χ1v) is 23.3. The summed E-state index contributed by atoms with van der Waals surface area (Å²) in [6.07, 6.45) is 1.91. The smallest absolute Gasteiger partial charge is 0.145 e. The summed E-state index contributed by atoms with van der Waals surface area (Å²) >= 11 is 3.76. The number of nitrogens with zero attached hydrogens (tertiary/aromatic N) is 3. The number of hydrogen-bond donors (Lipinski definition) is 0. The Morgan fingerprint density at radius 1 is 0.312 bits per heavy atom. The van der Waals surface area contributed by atoms with Gasteiger partial charge in [-0.2, -0.15) is 0 Å². The van der Waals surface area contributed by atoms with Gasteiger partial charge in [0.05, 0.1) is 16.6 Å². The van der Waals surface area contributed by atoms with Crippen LogP contribution < -0.4 is 0 Å². The third-order valence-corrected chi connectivity index (χ3v) is 15.6. The molecule has 0 spiro atoms. The van der Waals surface area contributed by atoms with Crippen molar-refractivity contribution in [1.82, 2.24) is 14.1 Å². The van der Waals surface area contributed by atoms with Gasteiger partial charge in [-0.05, 0) is 112 Å². The standard InChI is InChI=1S/C59H35N3S2/c1-4-24-52-44(16-1)51-35-41(62-54-29-27-39(34-50(54)49-23-11-31-60-59(49)62)43-20-10-22-48-46-18-3-6-26-56(46)64-58(43)48)28-30-53(51)61(52)40-15-8-13-37(33-40)36-12-7-14-38(32-36)42-19-9-21-47-45-17-2-5-25-55(45)63-57(42)47/h1-35H. The number of pyridine rings is 1. The summed E-state index contributed by atoms with van der Waals surface area (Å²) in [5, 5.41) is 10.0. The summed E-state index contributed by atoms with van der Waals surface area (Å²) in [7, 11) is 0. The zero-order valence-electron chi connectivity index (χ0n) is 34.4. The third kappa shape index (κ3) is 5.29. The fraction of sp³-hybridized carbons (Fsp3) is 0. The second kappa shape index (κ2) is 13.8. The zero-order valence-corrected chi connectivity index (χ0v) is 36.0. The molecule has 0 aliphatic carbocycles. The molecule has 9 aromatic carbocycles. The predicted molar refractivity (Wildman–Crippen MR) is 275 cm³/mol. The van der Waals surface area contributed by atoms with Crippen LogP contribution in [0.4, 0.5) is 0 Å². The first-order valence-electron chi connectivity index (χ1n) is 21.7. The fourth-order valence-corrected chi connectivity index (χ4v) is 12.8. The van der Waals surface area contributed by atoms with E-state index in [1.54, 1.807) is 0 Å². The second-order valence-electron chi connectivity index (χ2n) is 16.7. The fourth-order valence-electron chi connectivity index (χ4n) is 10.3. The van der Waals surface area contributed by atoms with Gasteiger partial charge in [-0.15, -0.1) is 22.7 Å². The van der Waals surface area contributed by atoms with Crippen LogP contribution in [-0.4, -0.2) is 14.1 Å². The predicted octanol–water partition coefficient (Wildman–Crippen LogP) is 17.0. The van der Waals surface area contributed by atoms with Gasteiger partial charge in [0.15, 0.2) is 0 Å². The lowest BCUT2D eigenvalue weighted by molar-refractivity contribution is 1.13. The molecule has 0 saturated carbocycles. The van der Waals surface area contributed by atoms with Crippen molar-refractivity contribution in [3.8, 4) is 44.8 Å². The highest BCUT2D eigenvalue weighted by atomic mass is 32.1. The van der Waals surface area contributed by atoms with Crippen molar-refractivity contribution >= 4 is 107 Å². The molecule has 5 aromatic heterocycles. The van der Waals surface area contributed by atoms with Crippen LogP contribution in [0.25, 0.3) is 129 Å². The number of thiophene rings is 2. The summed E-state index contributed by atoms with van der Waals surface area (Å²) in [6.45, 7) is 0. The maximum Gasteiger partial charge on any atom is 0.145 e. The second-order valence-corrected chi connectivity index (χ2v) is 18.8.